The van der Waals surface area contributed by atoms with Gasteiger partial charge in [0.25, 0.3) is 5.91 Å². The van der Waals surface area contributed by atoms with Crippen molar-refractivity contribution in [1.82, 2.24) is 15.5 Å². The van der Waals surface area contributed by atoms with Gasteiger partial charge in [0.05, 0.1) is 13.7 Å². The first-order valence-corrected chi connectivity index (χ1v) is 7.95. The molecule has 0 spiro atoms. The quantitative estimate of drug-likeness (QED) is 0.725. The Morgan fingerprint density at radius 2 is 1.83 bits per heavy atom. The molecule has 3 rings (SSSR count). The Balaban J connectivity index is 1.63. The van der Waals surface area contributed by atoms with Gasteiger partial charge in [-0.15, -0.1) is 10.2 Å². The number of carbonyl (C=O) groups excluding carboxylic acids is 1. The molecular formula is C17H14BrN3O3. The van der Waals surface area contributed by atoms with E-state index < -0.39 is 0 Å². The fourth-order valence-corrected chi connectivity index (χ4v) is 2.30. The van der Waals surface area contributed by atoms with E-state index in [-0.39, 0.29) is 12.5 Å². The third kappa shape index (κ3) is 3.80. The molecule has 0 saturated carbocycles. The van der Waals surface area contributed by atoms with Crippen molar-refractivity contribution in [2.45, 2.75) is 6.54 Å². The molecule has 0 aliphatic carbocycles. The van der Waals surface area contributed by atoms with Crippen LogP contribution in [0, 0.1) is 0 Å². The first kappa shape index (κ1) is 16.2. The predicted molar refractivity (Wildman–Crippen MR) is 91.6 cm³/mol. The van der Waals surface area contributed by atoms with E-state index in [2.05, 4.69) is 31.4 Å². The molecule has 0 aliphatic heterocycles. The lowest BCUT2D eigenvalue weighted by molar-refractivity contribution is 0.0947. The molecule has 122 valence electrons. The van der Waals surface area contributed by atoms with Crippen LogP contribution in [0.2, 0.25) is 0 Å². The van der Waals surface area contributed by atoms with Gasteiger partial charge < -0.3 is 14.5 Å². The van der Waals surface area contributed by atoms with Crippen LogP contribution in [0.4, 0.5) is 0 Å². The van der Waals surface area contributed by atoms with Crippen LogP contribution in [-0.2, 0) is 6.54 Å². The number of hydrogen-bond acceptors (Lipinski definition) is 5. The maximum absolute atomic E-state index is 12.0. The predicted octanol–water partition coefficient (Wildman–Crippen LogP) is 3.44. The maximum atomic E-state index is 12.0. The van der Waals surface area contributed by atoms with Gasteiger partial charge >= 0.3 is 0 Å². The Morgan fingerprint density at radius 3 is 2.50 bits per heavy atom. The van der Waals surface area contributed by atoms with Crippen molar-refractivity contribution in [2.24, 2.45) is 0 Å². The Morgan fingerprint density at radius 1 is 1.12 bits per heavy atom. The third-order valence-electron chi connectivity index (χ3n) is 3.31. The van der Waals surface area contributed by atoms with E-state index in [4.69, 9.17) is 9.15 Å². The summed E-state index contributed by atoms with van der Waals surface area (Å²) in [5.74, 6) is 1.28. The topological polar surface area (TPSA) is 77.3 Å². The van der Waals surface area contributed by atoms with Crippen LogP contribution in [-0.4, -0.2) is 23.2 Å². The minimum absolute atomic E-state index is 0.165. The maximum Gasteiger partial charge on any atom is 0.251 e. The normalized spacial score (nSPS) is 10.4. The minimum atomic E-state index is -0.202. The molecule has 0 atom stereocenters. The number of methoxy groups -OCH3 is 1. The lowest BCUT2D eigenvalue weighted by atomic mass is 10.2. The van der Waals surface area contributed by atoms with E-state index in [1.165, 1.54) is 0 Å². The summed E-state index contributed by atoms with van der Waals surface area (Å²) in [6.07, 6.45) is 0. The SMILES string of the molecule is COc1ccc(-c2nnc(CNC(=O)c3ccc(Br)cc3)o2)cc1. The van der Waals surface area contributed by atoms with Crippen LogP contribution in [0.5, 0.6) is 5.75 Å². The third-order valence-corrected chi connectivity index (χ3v) is 3.84. The Labute approximate surface area is 147 Å². The molecule has 6 nitrogen and oxygen atoms in total. The van der Waals surface area contributed by atoms with Crippen molar-refractivity contribution in [1.29, 1.82) is 0 Å². The van der Waals surface area contributed by atoms with Crippen LogP contribution in [0.1, 0.15) is 16.2 Å². The van der Waals surface area contributed by atoms with E-state index >= 15 is 0 Å². The number of ether oxygens (including phenoxy) is 1. The highest BCUT2D eigenvalue weighted by Gasteiger charge is 2.11. The highest BCUT2D eigenvalue weighted by atomic mass is 79.9. The lowest BCUT2D eigenvalue weighted by Gasteiger charge is -2.02. The van der Waals surface area contributed by atoms with Gasteiger partial charge in [-0.1, -0.05) is 15.9 Å². The number of carbonyl (C=O) groups is 1. The highest BCUT2D eigenvalue weighted by Crippen LogP contribution is 2.21. The average molecular weight is 388 g/mol. The van der Waals surface area contributed by atoms with Crippen molar-refractivity contribution in [2.75, 3.05) is 7.11 Å². The van der Waals surface area contributed by atoms with Crippen LogP contribution in [0.3, 0.4) is 0 Å². The largest absolute Gasteiger partial charge is 0.497 e. The number of hydrogen-bond donors (Lipinski definition) is 1. The summed E-state index contributed by atoms with van der Waals surface area (Å²) in [5.41, 5.74) is 1.35. The van der Waals surface area contributed by atoms with Crippen molar-refractivity contribution in [3.05, 3.63) is 64.5 Å². The molecule has 0 unspecified atom stereocenters. The van der Waals surface area contributed by atoms with Gasteiger partial charge in [-0.25, -0.2) is 0 Å². The summed E-state index contributed by atoms with van der Waals surface area (Å²) in [4.78, 5) is 12.0. The number of rotatable bonds is 5. The lowest BCUT2D eigenvalue weighted by Crippen LogP contribution is -2.22. The van der Waals surface area contributed by atoms with Crippen LogP contribution < -0.4 is 10.1 Å². The number of benzene rings is 2. The standard InChI is InChI=1S/C17H14BrN3O3/c1-23-14-8-4-12(5-9-14)17-21-20-15(24-17)10-19-16(22)11-2-6-13(18)7-3-11/h2-9H,10H2,1H3,(H,19,22). The molecule has 1 heterocycles. The molecule has 1 aromatic heterocycles. The smallest absolute Gasteiger partial charge is 0.251 e. The van der Waals surface area contributed by atoms with E-state index in [0.717, 1.165) is 15.8 Å². The summed E-state index contributed by atoms with van der Waals surface area (Å²) in [6, 6.07) is 14.4. The highest BCUT2D eigenvalue weighted by molar-refractivity contribution is 9.10. The monoisotopic (exact) mass is 387 g/mol. The zero-order valence-corrected chi connectivity index (χ0v) is 14.4. The van der Waals surface area contributed by atoms with Gasteiger partial charge in [-0.3, -0.25) is 4.79 Å². The Kier molecular flexibility index (Phi) is 4.90. The number of aromatic nitrogens is 2. The second-order valence-electron chi connectivity index (χ2n) is 4.92. The fraction of sp³-hybridized carbons (Fsp3) is 0.118. The number of halogens is 1. The molecule has 3 aromatic rings. The second-order valence-corrected chi connectivity index (χ2v) is 5.83. The molecule has 0 radical (unpaired) electrons. The van der Waals surface area contributed by atoms with Crippen LogP contribution in [0.15, 0.2) is 57.4 Å². The molecule has 2 aromatic carbocycles. The molecule has 0 aliphatic rings. The summed E-state index contributed by atoms with van der Waals surface area (Å²) >= 11 is 3.33. The van der Waals surface area contributed by atoms with E-state index in [9.17, 15) is 4.79 Å². The molecule has 24 heavy (non-hydrogen) atoms. The number of nitrogens with zero attached hydrogens (tertiary/aromatic N) is 2. The minimum Gasteiger partial charge on any atom is -0.497 e. The summed E-state index contributed by atoms with van der Waals surface area (Å²) in [5, 5.41) is 10.7. The van der Waals surface area contributed by atoms with Crippen LogP contribution >= 0.6 is 15.9 Å². The molecule has 1 N–H and O–H groups in total. The van der Waals surface area contributed by atoms with Crippen molar-refractivity contribution >= 4 is 21.8 Å². The molecule has 0 saturated heterocycles. The molecular weight excluding hydrogens is 374 g/mol. The summed E-state index contributed by atoms with van der Waals surface area (Å²) < 4.78 is 11.6. The van der Waals surface area contributed by atoms with Gasteiger partial charge in [-0.05, 0) is 48.5 Å². The van der Waals surface area contributed by atoms with Gasteiger partial charge in [-0.2, -0.15) is 0 Å². The fourth-order valence-electron chi connectivity index (χ4n) is 2.03. The Bertz CT molecular complexity index is 829. The number of amides is 1. The first-order valence-electron chi connectivity index (χ1n) is 7.16. The molecule has 0 bridgehead atoms. The van der Waals surface area contributed by atoms with E-state index in [1.807, 2.05) is 36.4 Å². The molecule has 1 amide bonds. The average Bonchev–Trinajstić information content (AvgIpc) is 3.09. The van der Waals surface area contributed by atoms with Gasteiger partial charge in [0, 0.05) is 15.6 Å². The summed E-state index contributed by atoms with van der Waals surface area (Å²) in [6.45, 7) is 0.165. The zero-order valence-electron chi connectivity index (χ0n) is 12.8. The van der Waals surface area contributed by atoms with Crippen molar-refractivity contribution in [3.63, 3.8) is 0 Å². The van der Waals surface area contributed by atoms with E-state index in [0.29, 0.717) is 17.3 Å². The van der Waals surface area contributed by atoms with Crippen molar-refractivity contribution in [3.8, 4) is 17.2 Å². The Hall–Kier alpha value is -2.67. The molecule has 7 heteroatoms. The first-order chi connectivity index (χ1) is 11.7. The number of nitrogens with one attached hydrogen (secondary N) is 1. The van der Waals surface area contributed by atoms with E-state index in [1.54, 1.807) is 19.2 Å². The molecule has 0 fully saturated rings. The van der Waals surface area contributed by atoms with Gasteiger partial charge in [0.15, 0.2) is 0 Å². The summed E-state index contributed by atoms with van der Waals surface area (Å²) in [7, 11) is 1.61. The second kappa shape index (κ2) is 7.27. The van der Waals surface area contributed by atoms with Gasteiger partial charge in [0.2, 0.25) is 11.8 Å². The van der Waals surface area contributed by atoms with Crippen LogP contribution in [0.25, 0.3) is 11.5 Å². The zero-order chi connectivity index (χ0) is 16.9. The van der Waals surface area contributed by atoms with Crippen molar-refractivity contribution < 1.29 is 13.9 Å². The van der Waals surface area contributed by atoms with Gasteiger partial charge in [0.1, 0.15) is 5.75 Å².